The summed E-state index contributed by atoms with van der Waals surface area (Å²) < 4.78 is 0. The summed E-state index contributed by atoms with van der Waals surface area (Å²) in [5, 5.41) is 6.09. The smallest absolute Gasteiger partial charge is 0.317 e. The van der Waals surface area contributed by atoms with Crippen molar-refractivity contribution in [3.8, 4) is 0 Å². The highest BCUT2D eigenvalue weighted by Gasteiger charge is 2.22. The fraction of sp³-hybridized carbons (Fsp3) is 0.412. The van der Waals surface area contributed by atoms with Gasteiger partial charge in [-0.05, 0) is 11.5 Å². The predicted octanol–water partition coefficient (Wildman–Crippen LogP) is 2.78. The second kappa shape index (κ2) is 7.46. The van der Waals surface area contributed by atoms with Crippen LogP contribution in [0.25, 0.3) is 0 Å². The number of piperazine rings is 1. The number of benzene rings is 1. The lowest BCUT2D eigenvalue weighted by molar-refractivity contribution is 0.194. The zero-order chi connectivity index (χ0) is 16.1. The van der Waals surface area contributed by atoms with E-state index in [1.54, 1.807) is 11.3 Å². The number of hydrogen-bond donors (Lipinski definition) is 1. The quantitative estimate of drug-likeness (QED) is 0.938. The highest BCUT2D eigenvalue weighted by molar-refractivity contribution is 7.13. The van der Waals surface area contributed by atoms with Crippen molar-refractivity contribution in [1.82, 2.24) is 15.2 Å². The zero-order valence-electron chi connectivity index (χ0n) is 13.3. The van der Waals surface area contributed by atoms with Crippen molar-refractivity contribution in [2.24, 2.45) is 0 Å². The number of hydrogen-bond acceptors (Lipinski definition) is 4. The molecule has 1 aliphatic heterocycles. The summed E-state index contributed by atoms with van der Waals surface area (Å²) in [7, 11) is 0. The standard InChI is InChI=1S/C17H22N4OS/c1-14(15-5-3-2-4-6-15)13-19-16(22)20-8-10-21(11-9-20)17-18-7-12-23-17/h2-7,12,14H,8-11,13H2,1H3,(H,19,22). The number of carbonyl (C=O) groups is 1. The number of carbonyl (C=O) groups excluding carboxylic acids is 1. The van der Waals surface area contributed by atoms with Crippen LogP contribution in [-0.2, 0) is 0 Å². The first-order valence-corrected chi connectivity index (χ1v) is 8.84. The molecule has 1 atom stereocenters. The second-order valence-electron chi connectivity index (χ2n) is 5.79. The minimum atomic E-state index is 0.0339. The molecule has 0 aliphatic carbocycles. The number of amides is 2. The van der Waals surface area contributed by atoms with Gasteiger partial charge in [0.25, 0.3) is 0 Å². The van der Waals surface area contributed by atoms with Crippen LogP contribution in [0.3, 0.4) is 0 Å². The van der Waals surface area contributed by atoms with Gasteiger partial charge in [0.15, 0.2) is 5.13 Å². The third kappa shape index (κ3) is 4.01. The summed E-state index contributed by atoms with van der Waals surface area (Å²) in [6.07, 6.45) is 1.82. The van der Waals surface area contributed by atoms with Gasteiger partial charge in [-0.1, -0.05) is 37.3 Å². The average Bonchev–Trinajstić information content (AvgIpc) is 3.15. The van der Waals surface area contributed by atoms with Gasteiger partial charge in [0, 0.05) is 44.3 Å². The average molecular weight is 330 g/mol. The maximum atomic E-state index is 12.3. The van der Waals surface area contributed by atoms with Crippen molar-refractivity contribution in [2.45, 2.75) is 12.8 Å². The van der Waals surface area contributed by atoms with E-state index in [2.05, 4.69) is 34.3 Å². The first-order valence-electron chi connectivity index (χ1n) is 7.96. The molecule has 2 amide bonds. The molecule has 2 heterocycles. The van der Waals surface area contributed by atoms with Crippen molar-refractivity contribution in [1.29, 1.82) is 0 Å². The Kier molecular flexibility index (Phi) is 5.12. The van der Waals surface area contributed by atoms with E-state index in [1.165, 1.54) is 5.56 Å². The highest BCUT2D eigenvalue weighted by Crippen LogP contribution is 2.19. The minimum absolute atomic E-state index is 0.0339. The normalized spacial score (nSPS) is 16.2. The molecule has 23 heavy (non-hydrogen) atoms. The molecule has 1 unspecified atom stereocenters. The first kappa shape index (κ1) is 15.8. The maximum absolute atomic E-state index is 12.3. The molecule has 1 N–H and O–H groups in total. The second-order valence-corrected chi connectivity index (χ2v) is 6.66. The Bertz CT molecular complexity index is 609. The van der Waals surface area contributed by atoms with Crippen LogP contribution in [0.15, 0.2) is 41.9 Å². The molecule has 5 nitrogen and oxygen atoms in total. The zero-order valence-corrected chi connectivity index (χ0v) is 14.1. The molecule has 0 radical (unpaired) electrons. The largest absolute Gasteiger partial charge is 0.345 e. The van der Waals surface area contributed by atoms with Gasteiger partial charge >= 0.3 is 6.03 Å². The molecule has 3 rings (SSSR count). The topological polar surface area (TPSA) is 48.5 Å². The van der Waals surface area contributed by atoms with E-state index in [9.17, 15) is 4.79 Å². The van der Waals surface area contributed by atoms with Crippen molar-refractivity contribution in [3.63, 3.8) is 0 Å². The molecule has 6 heteroatoms. The van der Waals surface area contributed by atoms with E-state index in [0.29, 0.717) is 12.5 Å². The van der Waals surface area contributed by atoms with Gasteiger partial charge in [-0.15, -0.1) is 11.3 Å². The van der Waals surface area contributed by atoms with Crippen LogP contribution < -0.4 is 10.2 Å². The van der Waals surface area contributed by atoms with E-state index in [4.69, 9.17) is 0 Å². The van der Waals surface area contributed by atoms with E-state index >= 15 is 0 Å². The Labute approximate surface area is 140 Å². The Balaban J connectivity index is 1.45. The molecule has 0 saturated carbocycles. The van der Waals surface area contributed by atoms with Gasteiger partial charge in [0.05, 0.1) is 0 Å². The number of aromatic nitrogens is 1. The highest BCUT2D eigenvalue weighted by atomic mass is 32.1. The summed E-state index contributed by atoms with van der Waals surface area (Å²) in [5.41, 5.74) is 1.25. The van der Waals surface area contributed by atoms with Crippen molar-refractivity contribution in [3.05, 3.63) is 47.5 Å². The molecular formula is C17H22N4OS. The van der Waals surface area contributed by atoms with Gasteiger partial charge in [-0.2, -0.15) is 0 Å². The summed E-state index contributed by atoms with van der Waals surface area (Å²) in [6.45, 7) is 5.96. The van der Waals surface area contributed by atoms with Crippen LogP contribution >= 0.6 is 11.3 Å². The number of thiazole rings is 1. The Morgan fingerprint density at radius 2 is 2.00 bits per heavy atom. The third-order valence-corrected chi connectivity index (χ3v) is 5.02. The number of nitrogens with zero attached hydrogens (tertiary/aromatic N) is 3. The molecule has 1 saturated heterocycles. The molecular weight excluding hydrogens is 308 g/mol. The van der Waals surface area contributed by atoms with Crippen LogP contribution in [0.5, 0.6) is 0 Å². The van der Waals surface area contributed by atoms with E-state index in [0.717, 1.165) is 31.3 Å². The molecule has 122 valence electrons. The molecule has 1 fully saturated rings. The van der Waals surface area contributed by atoms with Crippen molar-refractivity contribution < 1.29 is 4.79 Å². The fourth-order valence-corrected chi connectivity index (χ4v) is 3.42. The summed E-state index contributed by atoms with van der Waals surface area (Å²) >= 11 is 1.65. The van der Waals surface area contributed by atoms with Gasteiger partial charge < -0.3 is 15.1 Å². The van der Waals surface area contributed by atoms with Crippen LogP contribution in [-0.4, -0.2) is 48.6 Å². The lowest BCUT2D eigenvalue weighted by atomic mass is 10.0. The van der Waals surface area contributed by atoms with Crippen LogP contribution in [0.1, 0.15) is 18.4 Å². The number of nitrogens with one attached hydrogen (secondary N) is 1. The lowest BCUT2D eigenvalue weighted by Gasteiger charge is -2.34. The van der Waals surface area contributed by atoms with Gasteiger partial charge in [0.1, 0.15) is 0 Å². The van der Waals surface area contributed by atoms with Crippen molar-refractivity contribution >= 4 is 22.5 Å². The van der Waals surface area contributed by atoms with E-state index < -0.39 is 0 Å². The molecule has 0 spiro atoms. The molecule has 0 bridgehead atoms. The van der Waals surface area contributed by atoms with Crippen molar-refractivity contribution in [2.75, 3.05) is 37.6 Å². The number of urea groups is 1. The van der Waals surface area contributed by atoms with Gasteiger partial charge in [0.2, 0.25) is 0 Å². The van der Waals surface area contributed by atoms with Crippen LogP contribution in [0.4, 0.5) is 9.93 Å². The Hall–Kier alpha value is -2.08. The number of anilines is 1. The predicted molar refractivity (Wildman–Crippen MR) is 94.2 cm³/mol. The summed E-state index contributed by atoms with van der Waals surface area (Å²) in [6, 6.07) is 10.3. The molecule has 2 aromatic rings. The van der Waals surface area contributed by atoms with Gasteiger partial charge in [-0.3, -0.25) is 0 Å². The lowest BCUT2D eigenvalue weighted by Crippen LogP contribution is -2.52. The van der Waals surface area contributed by atoms with Gasteiger partial charge in [-0.25, -0.2) is 9.78 Å². The monoisotopic (exact) mass is 330 g/mol. The SMILES string of the molecule is CC(CNC(=O)N1CCN(c2nccs2)CC1)c1ccccc1. The molecule has 1 aliphatic rings. The van der Waals surface area contributed by atoms with E-state index in [1.807, 2.05) is 34.7 Å². The van der Waals surface area contributed by atoms with E-state index in [-0.39, 0.29) is 6.03 Å². The van der Waals surface area contributed by atoms with Crippen LogP contribution in [0, 0.1) is 0 Å². The summed E-state index contributed by atoms with van der Waals surface area (Å²) in [4.78, 5) is 20.8. The minimum Gasteiger partial charge on any atom is -0.345 e. The molecule has 1 aromatic carbocycles. The Morgan fingerprint density at radius 3 is 2.65 bits per heavy atom. The Morgan fingerprint density at radius 1 is 1.26 bits per heavy atom. The first-order chi connectivity index (χ1) is 11.2. The van der Waals surface area contributed by atoms with Crippen LogP contribution in [0.2, 0.25) is 0 Å². The maximum Gasteiger partial charge on any atom is 0.317 e. The fourth-order valence-electron chi connectivity index (χ4n) is 2.72. The number of rotatable bonds is 4. The third-order valence-electron chi connectivity index (χ3n) is 4.18. The molecule has 1 aromatic heterocycles. The summed E-state index contributed by atoms with van der Waals surface area (Å²) in [5.74, 6) is 0.316.